The van der Waals surface area contributed by atoms with E-state index in [0.29, 0.717) is 23.6 Å². The van der Waals surface area contributed by atoms with E-state index in [0.717, 1.165) is 42.9 Å². The van der Waals surface area contributed by atoms with Gasteiger partial charge in [-0.15, -0.1) is 11.3 Å². The van der Waals surface area contributed by atoms with Crippen LogP contribution in [0.3, 0.4) is 0 Å². The maximum atomic E-state index is 12.8. The number of halogens is 1. The van der Waals surface area contributed by atoms with Crippen molar-refractivity contribution in [2.24, 2.45) is 0 Å². The molecule has 180 valence electrons. The molecule has 1 aliphatic carbocycles. The zero-order valence-electron chi connectivity index (χ0n) is 19.3. The number of ether oxygens (including phenoxy) is 1. The minimum absolute atomic E-state index is 0.0413. The van der Waals surface area contributed by atoms with Gasteiger partial charge in [0.1, 0.15) is 15.0 Å². The van der Waals surface area contributed by atoms with E-state index in [1.165, 1.54) is 43.3 Å². The van der Waals surface area contributed by atoms with Gasteiger partial charge in [0.2, 0.25) is 5.88 Å². The highest BCUT2D eigenvalue weighted by atomic mass is 35.5. The summed E-state index contributed by atoms with van der Waals surface area (Å²) in [7, 11) is 0. The van der Waals surface area contributed by atoms with E-state index in [1.807, 2.05) is 6.92 Å². The molecule has 3 heterocycles. The number of nitrogens with zero attached hydrogens (tertiary/aromatic N) is 4. The van der Waals surface area contributed by atoms with Gasteiger partial charge >= 0.3 is 0 Å². The highest BCUT2D eigenvalue weighted by Gasteiger charge is 2.27. The van der Waals surface area contributed by atoms with Crippen LogP contribution in [0.15, 0.2) is 12.3 Å². The number of thiazole rings is 1. The largest absolute Gasteiger partial charge is 0.477 e. The number of ketones is 1. The Hall–Kier alpha value is -1.74. The number of aryl methyl sites for hydroxylation is 1. The average Bonchev–Trinajstić information content (AvgIpc) is 3.20. The molecule has 1 N–H and O–H groups in total. The molecule has 2 aliphatic rings. The molecule has 0 unspecified atom stereocenters. The summed E-state index contributed by atoms with van der Waals surface area (Å²) >= 11 is 7.85. The normalized spacial score (nSPS) is 18.0. The van der Waals surface area contributed by atoms with Gasteiger partial charge in [-0.2, -0.15) is 0 Å². The van der Waals surface area contributed by atoms with Crippen molar-refractivity contribution in [1.29, 1.82) is 0 Å². The molecular weight excluding hydrogens is 460 g/mol. The molecule has 0 amide bonds. The lowest BCUT2D eigenvalue weighted by atomic mass is 9.94. The summed E-state index contributed by atoms with van der Waals surface area (Å²) in [6, 6.07) is 2.36. The first kappa shape index (κ1) is 24.4. The molecule has 7 nitrogen and oxygen atoms in total. The smallest absolute Gasteiger partial charge is 0.232 e. The molecule has 0 spiro atoms. The number of carbonyl (C=O) groups is 1. The quantitative estimate of drug-likeness (QED) is 0.416. The highest BCUT2D eigenvalue weighted by Crippen LogP contribution is 2.31. The molecule has 2 fully saturated rings. The molecule has 1 saturated heterocycles. The Morgan fingerprint density at radius 2 is 2.00 bits per heavy atom. The summed E-state index contributed by atoms with van der Waals surface area (Å²) in [5.74, 6) is 0.218. The van der Waals surface area contributed by atoms with Gasteiger partial charge in [-0.1, -0.05) is 30.9 Å². The second-order valence-electron chi connectivity index (χ2n) is 8.85. The second-order valence-corrected chi connectivity index (χ2v) is 10.3. The van der Waals surface area contributed by atoms with Crippen LogP contribution >= 0.6 is 22.9 Å². The van der Waals surface area contributed by atoms with Crippen LogP contribution in [0.5, 0.6) is 5.88 Å². The van der Waals surface area contributed by atoms with Crippen molar-refractivity contribution in [3.05, 3.63) is 33.6 Å². The van der Waals surface area contributed by atoms with Gasteiger partial charge in [-0.25, -0.2) is 9.97 Å². The van der Waals surface area contributed by atoms with Crippen LogP contribution in [0, 0.1) is 6.92 Å². The van der Waals surface area contributed by atoms with Crippen LogP contribution in [-0.2, 0) is 6.42 Å². The number of anilines is 1. The van der Waals surface area contributed by atoms with Crippen molar-refractivity contribution >= 4 is 33.7 Å². The third kappa shape index (κ3) is 6.23. The standard InChI is InChI=1S/C24H33ClN4O3S/c1-17-24(29-10-8-28(9-11-29)19-6-3-2-4-7-19)33-22(27-17)15-21(31)18-14-20(25)23(26-16-18)32-13-5-12-30/h14,16,19,30H,2-13,15H2,1H3. The Balaban J connectivity index is 1.34. The number of aliphatic hydroxyl groups excluding tert-OH is 1. The molecule has 1 saturated carbocycles. The van der Waals surface area contributed by atoms with Crippen molar-refractivity contribution in [2.45, 2.75) is 57.9 Å². The Bertz CT molecular complexity index is 940. The first-order valence-corrected chi connectivity index (χ1v) is 13.1. The highest BCUT2D eigenvalue weighted by molar-refractivity contribution is 7.16. The van der Waals surface area contributed by atoms with Gasteiger partial charge in [0.15, 0.2) is 5.78 Å². The van der Waals surface area contributed by atoms with Crippen molar-refractivity contribution in [3.8, 4) is 5.88 Å². The number of hydrogen-bond acceptors (Lipinski definition) is 8. The Morgan fingerprint density at radius 3 is 2.70 bits per heavy atom. The molecule has 1 aliphatic heterocycles. The van der Waals surface area contributed by atoms with Crippen LogP contribution in [0.4, 0.5) is 5.00 Å². The molecule has 0 radical (unpaired) electrons. The predicted octanol–water partition coefficient (Wildman–Crippen LogP) is 4.14. The third-order valence-corrected chi connectivity index (χ3v) is 7.98. The minimum Gasteiger partial charge on any atom is -0.477 e. The number of carbonyl (C=O) groups excluding carboxylic acids is 1. The fraction of sp³-hybridized carbons (Fsp3) is 0.625. The number of piperazine rings is 1. The van der Waals surface area contributed by atoms with Crippen molar-refractivity contribution in [2.75, 3.05) is 44.3 Å². The number of hydrogen-bond donors (Lipinski definition) is 1. The first-order valence-electron chi connectivity index (χ1n) is 11.9. The van der Waals surface area contributed by atoms with E-state index >= 15 is 0 Å². The van der Waals surface area contributed by atoms with Crippen LogP contribution in [-0.4, -0.2) is 71.2 Å². The Morgan fingerprint density at radius 1 is 1.24 bits per heavy atom. The monoisotopic (exact) mass is 492 g/mol. The molecule has 4 rings (SSSR count). The van der Waals surface area contributed by atoms with Crippen LogP contribution in [0.1, 0.15) is 59.6 Å². The lowest BCUT2D eigenvalue weighted by molar-refractivity contribution is 0.0992. The number of pyridine rings is 1. The van der Waals surface area contributed by atoms with Crippen molar-refractivity contribution in [1.82, 2.24) is 14.9 Å². The zero-order valence-corrected chi connectivity index (χ0v) is 20.8. The van der Waals surface area contributed by atoms with Gasteiger partial charge in [-0.3, -0.25) is 9.69 Å². The zero-order chi connectivity index (χ0) is 23.2. The van der Waals surface area contributed by atoms with E-state index < -0.39 is 0 Å². The third-order valence-electron chi connectivity index (χ3n) is 6.49. The Labute approximate surface area is 204 Å². The van der Waals surface area contributed by atoms with Crippen molar-refractivity contribution < 1.29 is 14.6 Å². The molecule has 0 aromatic carbocycles. The van der Waals surface area contributed by atoms with E-state index in [2.05, 4.69) is 14.8 Å². The lowest BCUT2D eigenvalue weighted by Crippen LogP contribution is -2.50. The molecule has 9 heteroatoms. The average molecular weight is 493 g/mol. The van der Waals surface area contributed by atoms with E-state index in [9.17, 15) is 4.79 Å². The van der Waals surface area contributed by atoms with Gasteiger partial charge < -0.3 is 14.7 Å². The lowest BCUT2D eigenvalue weighted by Gasteiger charge is -2.41. The summed E-state index contributed by atoms with van der Waals surface area (Å²) < 4.78 is 5.43. The number of aliphatic hydroxyl groups is 1. The molecule has 2 aromatic heterocycles. The predicted molar refractivity (Wildman–Crippen MR) is 132 cm³/mol. The minimum atomic E-state index is -0.0614. The van der Waals surface area contributed by atoms with Crippen LogP contribution < -0.4 is 9.64 Å². The fourth-order valence-electron chi connectivity index (χ4n) is 4.71. The Kier molecular flexibility index (Phi) is 8.57. The topological polar surface area (TPSA) is 78.8 Å². The SMILES string of the molecule is Cc1nc(CC(=O)c2cnc(OCCCO)c(Cl)c2)sc1N1CCN(C2CCCCC2)CC1. The van der Waals surface area contributed by atoms with E-state index in [1.54, 1.807) is 17.4 Å². The number of rotatable bonds is 9. The van der Waals surface area contributed by atoms with Gasteiger partial charge in [-0.05, 0) is 25.8 Å². The van der Waals surface area contributed by atoms with Gasteiger partial charge in [0, 0.05) is 57.0 Å². The van der Waals surface area contributed by atoms with Crippen LogP contribution in [0.2, 0.25) is 5.02 Å². The van der Waals surface area contributed by atoms with Gasteiger partial charge in [0.25, 0.3) is 0 Å². The number of Topliss-reactive ketones (excluding diaryl/α,β-unsaturated/α-hetero) is 1. The second kappa shape index (κ2) is 11.6. The van der Waals surface area contributed by atoms with Crippen LogP contribution in [0.25, 0.3) is 0 Å². The molecule has 0 atom stereocenters. The summed E-state index contributed by atoms with van der Waals surface area (Å²) in [4.78, 5) is 26.8. The van der Waals surface area contributed by atoms with Gasteiger partial charge in [0.05, 0.1) is 18.7 Å². The molecule has 0 bridgehead atoms. The summed E-state index contributed by atoms with van der Waals surface area (Å²) in [5.41, 5.74) is 1.45. The number of aromatic nitrogens is 2. The molecule has 33 heavy (non-hydrogen) atoms. The molecular formula is C24H33ClN4O3S. The maximum Gasteiger partial charge on any atom is 0.232 e. The maximum absolute atomic E-state index is 12.8. The summed E-state index contributed by atoms with van der Waals surface area (Å²) in [6.45, 7) is 6.64. The summed E-state index contributed by atoms with van der Waals surface area (Å²) in [6.07, 6.45) is 9.06. The summed E-state index contributed by atoms with van der Waals surface area (Å²) in [5, 5.41) is 11.2. The molecule has 2 aromatic rings. The van der Waals surface area contributed by atoms with Crippen molar-refractivity contribution in [3.63, 3.8) is 0 Å². The first-order chi connectivity index (χ1) is 16.0. The van der Waals surface area contributed by atoms with E-state index in [-0.39, 0.29) is 24.7 Å². The van der Waals surface area contributed by atoms with E-state index in [4.69, 9.17) is 26.4 Å². The fourth-order valence-corrected chi connectivity index (χ4v) is 6.04.